The molecule has 1 heterocycles. The highest BCUT2D eigenvalue weighted by molar-refractivity contribution is 7.20. The number of nitrogens with one attached hydrogen (secondary N) is 1. The molecule has 0 saturated heterocycles. The lowest BCUT2D eigenvalue weighted by molar-refractivity contribution is 0.102. The van der Waals surface area contributed by atoms with Crippen molar-refractivity contribution in [1.29, 1.82) is 0 Å². The molecule has 1 amide bonds. The lowest BCUT2D eigenvalue weighted by Crippen LogP contribution is -2.14. The number of aromatic nitrogens is 1. The van der Waals surface area contributed by atoms with Crippen LogP contribution in [0.25, 0.3) is 32.5 Å². The lowest BCUT2D eigenvalue weighted by Gasteiger charge is -2.12. The van der Waals surface area contributed by atoms with Crippen molar-refractivity contribution < 1.29 is 14.3 Å². The molecule has 0 unspecified atom stereocenters. The quantitative estimate of drug-likeness (QED) is 0.459. The first-order chi connectivity index (χ1) is 13.7. The Morgan fingerprint density at radius 3 is 2.25 bits per heavy atom. The molecule has 5 nitrogen and oxygen atoms in total. The summed E-state index contributed by atoms with van der Waals surface area (Å²) in [6.45, 7) is 0. The largest absolute Gasteiger partial charge is 0.496 e. The standard InChI is InChI=1S/C22H16N2O3S/c1-26-15-10-5-11-16(27-2)18(15)21(25)24-22-23-19-13-8-3-6-12-7-4-9-14(17(12)13)20(19)28-22/h3-11H,1-2H3,(H,23,24,25). The van der Waals surface area contributed by atoms with E-state index in [1.165, 1.54) is 36.3 Å². The lowest BCUT2D eigenvalue weighted by atomic mass is 10.0. The number of anilines is 1. The van der Waals surface area contributed by atoms with Gasteiger partial charge >= 0.3 is 0 Å². The van der Waals surface area contributed by atoms with Crippen LogP contribution in [0.5, 0.6) is 11.5 Å². The number of amides is 1. The Balaban J connectivity index is 1.54. The van der Waals surface area contributed by atoms with E-state index in [0.717, 1.165) is 21.7 Å². The fourth-order valence-corrected chi connectivity index (χ4v) is 4.71. The molecule has 1 aromatic heterocycles. The summed E-state index contributed by atoms with van der Waals surface area (Å²) in [7, 11) is 3.06. The Morgan fingerprint density at radius 1 is 0.929 bits per heavy atom. The van der Waals surface area contributed by atoms with Crippen molar-refractivity contribution in [2.75, 3.05) is 19.5 Å². The number of thiazole rings is 1. The van der Waals surface area contributed by atoms with E-state index >= 15 is 0 Å². The van der Waals surface area contributed by atoms with Crippen molar-refractivity contribution in [3.05, 3.63) is 60.2 Å². The first kappa shape index (κ1) is 16.8. The van der Waals surface area contributed by atoms with Crippen molar-refractivity contribution in [2.24, 2.45) is 0 Å². The van der Waals surface area contributed by atoms with E-state index in [1.807, 2.05) is 12.1 Å². The van der Waals surface area contributed by atoms with Gasteiger partial charge in [0.15, 0.2) is 5.13 Å². The maximum Gasteiger partial charge on any atom is 0.265 e. The smallest absolute Gasteiger partial charge is 0.265 e. The van der Waals surface area contributed by atoms with Gasteiger partial charge in [0.05, 0.1) is 24.8 Å². The molecule has 0 fully saturated rings. The average Bonchev–Trinajstić information content (AvgIpc) is 3.27. The van der Waals surface area contributed by atoms with Gasteiger partial charge < -0.3 is 9.47 Å². The summed E-state index contributed by atoms with van der Waals surface area (Å²) >= 11 is 1.48. The summed E-state index contributed by atoms with van der Waals surface area (Å²) in [4.78, 5) is 18.7. The monoisotopic (exact) mass is 388 g/mol. The van der Waals surface area contributed by atoms with Crippen LogP contribution in [0.3, 0.4) is 0 Å². The molecule has 0 bridgehead atoms. The zero-order valence-corrected chi connectivity index (χ0v) is 16.1. The van der Waals surface area contributed by atoms with Gasteiger partial charge in [-0.3, -0.25) is 10.1 Å². The zero-order chi connectivity index (χ0) is 19.3. The van der Waals surface area contributed by atoms with E-state index < -0.39 is 0 Å². The number of methoxy groups -OCH3 is 2. The van der Waals surface area contributed by atoms with Gasteiger partial charge in [0.2, 0.25) is 0 Å². The van der Waals surface area contributed by atoms with Crippen molar-refractivity contribution in [2.45, 2.75) is 0 Å². The van der Waals surface area contributed by atoms with E-state index in [2.05, 4.69) is 29.6 Å². The number of benzene rings is 3. The second-order valence-electron chi connectivity index (χ2n) is 6.40. The molecule has 4 aromatic rings. The highest BCUT2D eigenvalue weighted by Gasteiger charge is 2.27. The van der Waals surface area contributed by atoms with Crippen LogP contribution in [0.15, 0.2) is 54.6 Å². The van der Waals surface area contributed by atoms with Crippen LogP contribution in [-0.2, 0) is 0 Å². The Bertz CT molecular complexity index is 1170. The third kappa shape index (κ3) is 2.38. The molecule has 1 aliphatic carbocycles. The van der Waals surface area contributed by atoms with Crippen molar-refractivity contribution in [3.63, 3.8) is 0 Å². The normalized spacial score (nSPS) is 11.4. The van der Waals surface area contributed by atoms with Gasteiger partial charge in [-0.1, -0.05) is 53.8 Å². The summed E-state index contributed by atoms with van der Waals surface area (Å²) in [5, 5.41) is 5.88. The SMILES string of the molecule is COc1cccc(OC)c1C(=O)Nc1nc2c(s1)-c1cccc3cccc-2c13. The molecule has 138 valence electrons. The second kappa shape index (κ2) is 6.35. The Hall–Kier alpha value is -3.38. The predicted molar refractivity (Wildman–Crippen MR) is 112 cm³/mol. The van der Waals surface area contributed by atoms with Gasteiger partial charge in [-0.25, -0.2) is 4.98 Å². The summed E-state index contributed by atoms with van der Waals surface area (Å²) in [6.07, 6.45) is 0. The van der Waals surface area contributed by atoms with Crippen LogP contribution in [0.2, 0.25) is 0 Å². The summed E-state index contributed by atoms with van der Waals surface area (Å²) < 4.78 is 10.7. The molecule has 5 rings (SSSR count). The molecule has 28 heavy (non-hydrogen) atoms. The van der Waals surface area contributed by atoms with E-state index in [9.17, 15) is 4.79 Å². The number of hydrogen-bond donors (Lipinski definition) is 1. The van der Waals surface area contributed by atoms with E-state index in [0.29, 0.717) is 22.2 Å². The molecule has 0 aliphatic heterocycles. The molecule has 0 radical (unpaired) electrons. The molecule has 3 aromatic carbocycles. The van der Waals surface area contributed by atoms with Crippen molar-refractivity contribution >= 4 is 33.1 Å². The van der Waals surface area contributed by atoms with E-state index in [4.69, 9.17) is 14.5 Å². The Morgan fingerprint density at radius 2 is 1.57 bits per heavy atom. The topological polar surface area (TPSA) is 60.5 Å². The minimum Gasteiger partial charge on any atom is -0.496 e. The van der Waals surface area contributed by atoms with Crippen LogP contribution in [0, 0.1) is 0 Å². The van der Waals surface area contributed by atoms with Gasteiger partial charge in [-0.2, -0.15) is 0 Å². The van der Waals surface area contributed by atoms with Crippen LogP contribution < -0.4 is 14.8 Å². The van der Waals surface area contributed by atoms with Crippen LogP contribution >= 0.6 is 11.3 Å². The molecule has 0 saturated carbocycles. The first-order valence-corrected chi connectivity index (χ1v) is 9.58. The van der Waals surface area contributed by atoms with Crippen LogP contribution in [0.4, 0.5) is 5.13 Å². The van der Waals surface area contributed by atoms with E-state index in [1.54, 1.807) is 18.2 Å². The first-order valence-electron chi connectivity index (χ1n) is 8.77. The molecule has 0 spiro atoms. The van der Waals surface area contributed by atoms with Crippen LogP contribution in [-0.4, -0.2) is 25.1 Å². The minimum atomic E-state index is -0.312. The van der Waals surface area contributed by atoms with Gasteiger partial charge in [0.25, 0.3) is 5.91 Å². The Labute approximate surface area is 165 Å². The predicted octanol–water partition coefficient (Wildman–Crippen LogP) is 5.21. The number of ether oxygens (including phenoxy) is 2. The number of nitrogens with zero attached hydrogens (tertiary/aromatic N) is 1. The highest BCUT2D eigenvalue weighted by Crippen LogP contribution is 2.50. The molecule has 1 N–H and O–H groups in total. The third-order valence-corrected chi connectivity index (χ3v) is 5.91. The van der Waals surface area contributed by atoms with Gasteiger partial charge in [0.1, 0.15) is 17.1 Å². The van der Waals surface area contributed by atoms with E-state index in [-0.39, 0.29) is 5.91 Å². The van der Waals surface area contributed by atoms with Gasteiger partial charge in [0, 0.05) is 11.1 Å². The number of fused-ring (bicyclic) bond motifs is 3. The van der Waals surface area contributed by atoms with Crippen molar-refractivity contribution in [3.8, 4) is 33.2 Å². The number of rotatable bonds is 4. The fraction of sp³-hybridized carbons (Fsp3) is 0.0909. The average molecular weight is 388 g/mol. The molecule has 6 heteroatoms. The minimum absolute atomic E-state index is 0.312. The summed E-state index contributed by atoms with van der Waals surface area (Å²) in [5.74, 6) is 0.598. The number of carbonyl (C=O) groups excluding carboxylic acids is 1. The molecule has 1 aliphatic rings. The molecular formula is C22H16N2O3S. The maximum absolute atomic E-state index is 12.9. The fourth-order valence-electron chi connectivity index (χ4n) is 3.70. The Kier molecular flexibility index (Phi) is 3.80. The zero-order valence-electron chi connectivity index (χ0n) is 15.3. The van der Waals surface area contributed by atoms with Crippen LogP contribution in [0.1, 0.15) is 10.4 Å². The molecular weight excluding hydrogens is 372 g/mol. The van der Waals surface area contributed by atoms with Gasteiger partial charge in [-0.05, 0) is 22.9 Å². The number of hydrogen-bond acceptors (Lipinski definition) is 5. The summed E-state index contributed by atoms with van der Waals surface area (Å²) in [5.41, 5.74) is 3.54. The third-order valence-electron chi connectivity index (χ3n) is 4.91. The molecule has 0 atom stereocenters. The van der Waals surface area contributed by atoms with Crippen molar-refractivity contribution in [1.82, 2.24) is 4.98 Å². The number of carbonyl (C=O) groups is 1. The van der Waals surface area contributed by atoms with Gasteiger partial charge in [-0.15, -0.1) is 0 Å². The summed E-state index contributed by atoms with van der Waals surface area (Å²) in [6, 6.07) is 17.7. The second-order valence-corrected chi connectivity index (χ2v) is 7.40. The highest BCUT2D eigenvalue weighted by atomic mass is 32.1. The maximum atomic E-state index is 12.9.